The van der Waals surface area contributed by atoms with Gasteiger partial charge in [-0.25, -0.2) is 0 Å². The van der Waals surface area contributed by atoms with Gasteiger partial charge in [-0.15, -0.1) is 0 Å². The predicted octanol–water partition coefficient (Wildman–Crippen LogP) is -0.735. The lowest BCUT2D eigenvalue weighted by molar-refractivity contribution is -0.257. The van der Waals surface area contributed by atoms with Gasteiger partial charge in [0.25, 0.3) is 0 Å². The molecule has 1 fully saturated rings. The van der Waals surface area contributed by atoms with E-state index >= 15 is 0 Å². The molecule has 1 aliphatic rings. The molecule has 1 aromatic rings. The van der Waals surface area contributed by atoms with Gasteiger partial charge in [-0.1, -0.05) is 12.1 Å². The third-order valence-electron chi connectivity index (χ3n) is 3.40. The van der Waals surface area contributed by atoms with Crippen LogP contribution in [0.2, 0.25) is 0 Å². The molecule has 1 heterocycles. The first-order valence-corrected chi connectivity index (χ1v) is 6.55. The van der Waals surface area contributed by atoms with E-state index in [0.717, 1.165) is 0 Å². The zero-order chi connectivity index (χ0) is 15.4. The van der Waals surface area contributed by atoms with Gasteiger partial charge in [0.1, 0.15) is 30.1 Å². The normalized spacial score (nSPS) is 33.4. The SMILES string of the molecule is CO[C@@H]1O[C@H](CO)[C@@H](O)[C@H](O)[C@H]1N=Cc1ccccc1O. The van der Waals surface area contributed by atoms with Crippen molar-refractivity contribution in [2.75, 3.05) is 13.7 Å². The third-order valence-corrected chi connectivity index (χ3v) is 3.40. The van der Waals surface area contributed by atoms with E-state index < -0.39 is 37.3 Å². The van der Waals surface area contributed by atoms with Crippen molar-refractivity contribution in [3.8, 4) is 5.75 Å². The minimum atomic E-state index is -1.27. The molecule has 0 unspecified atom stereocenters. The van der Waals surface area contributed by atoms with Gasteiger partial charge >= 0.3 is 0 Å². The highest BCUT2D eigenvalue weighted by Crippen LogP contribution is 2.24. The molecule has 0 radical (unpaired) electrons. The molecule has 1 aliphatic heterocycles. The van der Waals surface area contributed by atoms with Gasteiger partial charge in [0.05, 0.1) is 6.61 Å². The quantitative estimate of drug-likeness (QED) is 0.545. The van der Waals surface area contributed by atoms with Crippen LogP contribution in [0.25, 0.3) is 0 Å². The fourth-order valence-corrected chi connectivity index (χ4v) is 2.18. The summed E-state index contributed by atoms with van der Waals surface area (Å²) < 4.78 is 10.4. The van der Waals surface area contributed by atoms with Crippen LogP contribution in [0.15, 0.2) is 29.3 Å². The summed E-state index contributed by atoms with van der Waals surface area (Å²) in [5.74, 6) is 0.0511. The van der Waals surface area contributed by atoms with E-state index in [1.807, 2.05) is 0 Å². The maximum absolute atomic E-state index is 10.1. The van der Waals surface area contributed by atoms with Crippen LogP contribution < -0.4 is 0 Å². The Kier molecular flexibility index (Phi) is 5.27. The molecule has 1 aromatic carbocycles. The Labute approximate surface area is 122 Å². The fraction of sp³-hybridized carbons (Fsp3) is 0.500. The lowest BCUT2D eigenvalue weighted by Gasteiger charge is -2.39. The molecule has 4 N–H and O–H groups in total. The Hall–Kier alpha value is -1.51. The van der Waals surface area contributed by atoms with Crippen molar-refractivity contribution in [3.05, 3.63) is 29.8 Å². The average molecular weight is 297 g/mol. The molecule has 0 saturated carbocycles. The molecule has 116 valence electrons. The molecule has 1 saturated heterocycles. The van der Waals surface area contributed by atoms with Crippen molar-refractivity contribution in [1.29, 1.82) is 0 Å². The number of benzene rings is 1. The summed E-state index contributed by atoms with van der Waals surface area (Å²) in [6.45, 7) is -0.437. The molecule has 2 rings (SSSR count). The highest BCUT2D eigenvalue weighted by Gasteiger charge is 2.44. The van der Waals surface area contributed by atoms with Crippen LogP contribution >= 0.6 is 0 Å². The summed E-state index contributed by atoms with van der Waals surface area (Å²) in [4.78, 5) is 4.14. The Morgan fingerprint density at radius 1 is 1.29 bits per heavy atom. The average Bonchev–Trinajstić information content (AvgIpc) is 2.50. The molecular weight excluding hydrogens is 278 g/mol. The second kappa shape index (κ2) is 6.97. The lowest BCUT2D eigenvalue weighted by atomic mass is 9.97. The number of aliphatic imine (C=N–C) groups is 1. The second-order valence-electron chi connectivity index (χ2n) is 4.77. The number of nitrogens with zero attached hydrogens (tertiary/aromatic N) is 1. The molecule has 0 aromatic heterocycles. The molecule has 0 bridgehead atoms. The molecule has 0 aliphatic carbocycles. The van der Waals surface area contributed by atoms with Gasteiger partial charge in [0, 0.05) is 18.9 Å². The largest absolute Gasteiger partial charge is 0.507 e. The van der Waals surface area contributed by atoms with Gasteiger partial charge in [-0.3, -0.25) is 4.99 Å². The maximum Gasteiger partial charge on any atom is 0.182 e. The first kappa shape index (κ1) is 15.9. The van der Waals surface area contributed by atoms with Gasteiger partial charge in [-0.05, 0) is 12.1 Å². The standard InChI is InChI=1S/C14H19NO6/c1-20-14-11(13(19)12(18)10(7-16)21-14)15-6-8-4-2-3-5-9(8)17/h2-6,10-14,16-19H,7H2,1H3/t10-,11-,12-,13-,14-/m1/s1. The van der Waals surface area contributed by atoms with Crippen molar-refractivity contribution in [2.45, 2.75) is 30.6 Å². The summed E-state index contributed by atoms with van der Waals surface area (Å²) in [5, 5.41) is 38.7. The van der Waals surface area contributed by atoms with E-state index in [-0.39, 0.29) is 5.75 Å². The molecular formula is C14H19NO6. The number of phenols is 1. The molecule has 5 atom stereocenters. The first-order chi connectivity index (χ1) is 10.1. The van der Waals surface area contributed by atoms with Gasteiger partial charge in [-0.2, -0.15) is 0 Å². The van der Waals surface area contributed by atoms with Crippen LogP contribution in [0.5, 0.6) is 5.75 Å². The number of aromatic hydroxyl groups is 1. The number of rotatable bonds is 4. The molecule has 21 heavy (non-hydrogen) atoms. The maximum atomic E-state index is 10.1. The monoisotopic (exact) mass is 297 g/mol. The smallest absolute Gasteiger partial charge is 0.182 e. The fourth-order valence-electron chi connectivity index (χ4n) is 2.18. The minimum Gasteiger partial charge on any atom is -0.507 e. The Balaban J connectivity index is 2.19. The Morgan fingerprint density at radius 3 is 2.62 bits per heavy atom. The molecule has 0 spiro atoms. The molecule has 7 heteroatoms. The van der Waals surface area contributed by atoms with Crippen molar-refractivity contribution in [3.63, 3.8) is 0 Å². The summed E-state index contributed by atoms with van der Waals surface area (Å²) in [5.41, 5.74) is 0.471. The van der Waals surface area contributed by atoms with E-state index in [9.17, 15) is 15.3 Å². The van der Waals surface area contributed by atoms with E-state index in [0.29, 0.717) is 5.56 Å². The topological polar surface area (TPSA) is 112 Å². The first-order valence-electron chi connectivity index (χ1n) is 6.55. The molecule has 7 nitrogen and oxygen atoms in total. The van der Waals surface area contributed by atoms with E-state index in [4.69, 9.17) is 14.6 Å². The lowest BCUT2D eigenvalue weighted by Crippen LogP contribution is -2.58. The van der Waals surface area contributed by atoms with E-state index in [1.54, 1.807) is 18.2 Å². The Bertz CT molecular complexity index is 492. The number of methoxy groups -OCH3 is 1. The van der Waals surface area contributed by atoms with E-state index in [1.165, 1.54) is 19.4 Å². The second-order valence-corrected chi connectivity index (χ2v) is 4.77. The summed E-state index contributed by atoms with van der Waals surface area (Å²) in [6, 6.07) is 5.72. The summed E-state index contributed by atoms with van der Waals surface area (Å²) in [7, 11) is 1.38. The number of phenolic OH excluding ortho intramolecular Hbond substituents is 1. The highest BCUT2D eigenvalue weighted by molar-refractivity contribution is 5.83. The van der Waals surface area contributed by atoms with Crippen LogP contribution in [0, 0.1) is 0 Å². The van der Waals surface area contributed by atoms with Crippen LogP contribution in [0.4, 0.5) is 0 Å². The van der Waals surface area contributed by atoms with Crippen LogP contribution in [0.1, 0.15) is 5.56 Å². The van der Waals surface area contributed by atoms with Gasteiger partial charge in [0.15, 0.2) is 6.29 Å². The van der Waals surface area contributed by atoms with Crippen molar-refractivity contribution in [1.82, 2.24) is 0 Å². The van der Waals surface area contributed by atoms with Crippen LogP contribution in [0.3, 0.4) is 0 Å². The molecule has 0 amide bonds. The van der Waals surface area contributed by atoms with Crippen LogP contribution in [-0.2, 0) is 9.47 Å². The van der Waals surface area contributed by atoms with Crippen molar-refractivity contribution < 1.29 is 29.9 Å². The number of para-hydroxylation sites is 1. The minimum absolute atomic E-state index is 0.0511. The van der Waals surface area contributed by atoms with Crippen molar-refractivity contribution in [2.24, 2.45) is 4.99 Å². The zero-order valence-corrected chi connectivity index (χ0v) is 11.5. The summed E-state index contributed by atoms with van der Waals surface area (Å²) >= 11 is 0. The number of aliphatic hydroxyl groups excluding tert-OH is 3. The van der Waals surface area contributed by atoms with Crippen molar-refractivity contribution >= 4 is 6.21 Å². The number of aliphatic hydroxyl groups is 3. The zero-order valence-electron chi connectivity index (χ0n) is 11.5. The Morgan fingerprint density at radius 2 is 2.00 bits per heavy atom. The van der Waals surface area contributed by atoms with Crippen LogP contribution in [-0.4, -0.2) is 71.0 Å². The summed E-state index contributed by atoms with van der Waals surface area (Å²) in [6.07, 6.45) is -2.97. The number of ether oxygens (including phenoxy) is 2. The number of hydrogen-bond donors (Lipinski definition) is 4. The van der Waals surface area contributed by atoms with E-state index in [2.05, 4.69) is 4.99 Å². The highest BCUT2D eigenvalue weighted by atomic mass is 16.7. The number of hydrogen-bond acceptors (Lipinski definition) is 7. The van der Waals surface area contributed by atoms with Gasteiger partial charge < -0.3 is 29.9 Å². The third kappa shape index (κ3) is 3.39. The predicted molar refractivity (Wildman–Crippen MR) is 74.3 cm³/mol. The van der Waals surface area contributed by atoms with Gasteiger partial charge in [0.2, 0.25) is 0 Å².